The maximum atomic E-state index is 15.3. The Kier molecular flexibility index (Phi) is 11.0. The van der Waals surface area contributed by atoms with E-state index in [9.17, 15) is 13.0 Å². The molecule has 0 heterocycles. The molecule has 2 aromatic carbocycles. The first-order valence-corrected chi connectivity index (χ1v) is 13.5. The van der Waals surface area contributed by atoms with Gasteiger partial charge in [0.15, 0.2) is 5.82 Å². The van der Waals surface area contributed by atoms with E-state index in [1.54, 1.807) is 12.1 Å². The van der Waals surface area contributed by atoms with Crippen LogP contribution in [0.1, 0.15) is 102 Å². The van der Waals surface area contributed by atoms with Crippen LogP contribution < -0.4 is 0 Å². The first-order chi connectivity index (χ1) is 14.9. The Bertz CT molecular complexity index is 922. The van der Waals surface area contributed by atoms with Crippen LogP contribution in [0.4, 0.5) is 4.39 Å². The van der Waals surface area contributed by atoms with Crippen LogP contribution in [-0.2, 0) is 23.0 Å². The van der Waals surface area contributed by atoms with Crippen molar-refractivity contribution < 1.29 is 17.4 Å². The molecule has 0 aliphatic carbocycles. The molecule has 0 unspecified atom stereocenters. The molecule has 0 aliphatic rings. The van der Waals surface area contributed by atoms with E-state index < -0.39 is 20.8 Å². The van der Waals surface area contributed by atoms with Gasteiger partial charge in [-0.15, -0.1) is 0 Å². The van der Waals surface area contributed by atoms with Crippen LogP contribution in [0.2, 0.25) is 0 Å². The second-order valence-corrected chi connectivity index (χ2v) is 10.0. The van der Waals surface area contributed by atoms with Gasteiger partial charge in [0.25, 0.3) is 10.1 Å². The summed E-state index contributed by atoms with van der Waals surface area (Å²) in [7, 11) is -4.65. The minimum absolute atomic E-state index is 0.278. The third-order valence-electron chi connectivity index (χ3n) is 6.14. The predicted molar refractivity (Wildman–Crippen MR) is 128 cm³/mol. The van der Waals surface area contributed by atoms with Crippen LogP contribution in [0.25, 0.3) is 10.8 Å². The lowest BCUT2D eigenvalue weighted by Gasteiger charge is -2.18. The summed E-state index contributed by atoms with van der Waals surface area (Å²) in [4.78, 5) is -0.500. The molecule has 0 saturated heterocycles. The van der Waals surface area contributed by atoms with Crippen molar-refractivity contribution in [3.05, 3.63) is 41.2 Å². The minimum Gasteiger partial charge on any atom is -0.282 e. The average Bonchev–Trinajstić information content (AvgIpc) is 2.73. The fourth-order valence-electron chi connectivity index (χ4n) is 4.48. The maximum absolute atomic E-state index is 15.3. The van der Waals surface area contributed by atoms with E-state index in [0.717, 1.165) is 55.9 Å². The summed E-state index contributed by atoms with van der Waals surface area (Å²) in [6.07, 6.45) is 14.5. The van der Waals surface area contributed by atoms with Gasteiger partial charge in [-0.25, -0.2) is 4.39 Å². The van der Waals surface area contributed by atoms with Gasteiger partial charge in [0.05, 0.1) is 0 Å². The van der Waals surface area contributed by atoms with Gasteiger partial charge < -0.3 is 0 Å². The van der Waals surface area contributed by atoms with Crippen molar-refractivity contribution in [2.45, 2.75) is 109 Å². The number of aryl methyl sites for hydroxylation is 1. The first-order valence-electron chi connectivity index (χ1n) is 12.1. The van der Waals surface area contributed by atoms with Gasteiger partial charge in [-0.1, -0.05) is 102 Å². The molecule has 0 spiro atoms. The van der Waals surface area contributed by atoms with Crippen molar-refractivity contribution >= 4 is 20.9 Å². The number of unbranched alkanes of at least 4 members (excludes halogenated alkanes) is 10. The van der Waals surface area contributed by atoms with Crippen LogP contribution in [0.3, 0.4) is 0 Å². The van der Waals surface area contributed by atoms with Gasteiger partial charge in [-0.2, -0.15) is 8.42 Å². The first kappa shape index (κ1) is 25.8. The van der Waals surface area contributed by atoms with Crippen molar-refractivity contribution in [2.75, 3.05) is 0 Å². The third kappa shape index (κ3) is 7.57. The predicted octanol–water partition coefficient (Wildman–Crippen LogP) is 8.03. The molecule has 5 heteroatoms. The maximum Gasteiger partial charge on any atom is 0.297 e. The SMILES string of the molecule is CCCCCCCCCCc1c(S(=O)(=O)O)c(F)c2ccccc2c1CCCCCC. The van der Waals surface area contributed by atoms with Crippen molar-refractivity contribution in [3.8, 4) is 0 Å². The van der Waals surface area contributed by atoms with E-state index in [0.29, 0.717) is 18.4 Å². The standard InChI is InChI=1S/C26H39FO3S/c1-3-5-7-9-10-11-12-14-20-24-22(17-13-8-6-4-2)21-18-15-16-19-23(21)25(27)26(24)31(28,29)30/h15-16,18-19H,3-14,17,20H2,1-2H3,(H,28,29,30). The number of fused-ring (bicyclic) bond motifs is 1. The zero-order valence-electron chi connectivity index (χ0n) is 19.3. The van der Waals surface area contributed by atoms with Crippen LogP contribution in [-0.4, -0.2) is 13.0 Å². The normalized spacial score (nSPS) is 12.0. The average molecular weight is 451 g/mol. The second-order valence-electron chi connectivity index (χ2n) is 8.66. The van der Waals surface area contributed by atoms with Gasteiger partial charge in [0.1, 0.15) is 4.90 Å². The molecule has 2 aromatic rings. The molecular weight excluding hydrogens is 411 g/mol. The van der Waals surface area contributed by atoms with Gasteiger partial charge in [-0.3, -0.25) is 4.55 Å². The van der Waals surface area contributed by atoms with Crippen LogP contribution in [0, 0.1) is 5.82 Å². The van der Waals surface area contributed by atoms with E-state index >= 15 is 4.39 Å². The van der Waals surface area contributed by atoms with Crippen LogP contribution in [0.5, 0.6) is 0 Å². The molecule has 3 nitrogen and oxygen atoms in total. The molecule has 0 radical (unpaired) electrons. The van der Waals surface area contributed by atoms with Crippen molar-refractivity contribution in [1.29, 1.82) is 0 Å². The van der Waals surface area contributed by atoms with Crippen LogP contribution in [0.15, 0.2) is 29.2 Å². The summed E-state index contributed by atoms with van der Waals surface area (Å²) in [6, 6.07) is 7.05. The van der Waals surface area contributed by atoms with Crippen molar-refractivity contribution in [3.63, 3.8) is 0 Å². The Hall–Kier alpha value is -1.46. The van der Waals surface area contributed by atoms with Gasteiger partial charge >= 0.3 is 0 Å². The Morgan fingerprint density at radius 2 is 1.16 bits per heavy atom. The number of halogens is 1. The molecule has 2 rings (SSSR count). The molecule has 31 heavy (non-hydrogen) atoms. The summed E-state index contributed by atoms with van der Waals surface area (Å²) in [5.41, 5.74) is 1.38. The van der Waals surface area contributed by atoms with E-state index in [-0.39, 0.29) is 5.39 Å². The molecular formula is C26H39FO3S. The summed E-state index contributed by atoms with van der Waals surface area (Å²) < 4.78 is 49.6. The second kappa shape index (κ2) is 13.2. The zero-order chi connectivity index (χ0) is 22.7. The zero-order valence-corrected chi connectivity index (χ0v) is 20.1. The lowest BCUT2D eigenvalue weighted by molar-refractivity contribution is 0.471. The smallest absolute Gasteiger partial charge is 0.282 e. The summed E-state index contributed by atoms with van der Waals surface area (Å²) in [5.74, 6) is -0.815. The fourth-order valence-corrected chi connectivity index (χ4v) is 5.35. The number of benzene rings is 2. The molecule has 0 saturated carbocycles. The van der Waals surface area contributed by atoms with Crippen molar-refractivity contribution in [1.82, 2.24) is 0 Å². The number of hydrogen-bond acceptors (Lipinski definition) is 2. The highest BCUT2D eigenvalue weighted by molar-refractivity contribution is 7.86. The highest BCUT2D eigenvalue weighted by atomic mass is 32.2. The van der Waals surface area contributed by atoms with Crippen molar-refractivity contribution in [2.24, 2.45) is 0 Å². The summed E-state index contributed by atoms with van der Waals surface area (Å²) in [5, 5.41) is 1.05. The fraction of sp³-hybridized carbons (Fsp3) is 0.615. The highest BCUT2D eigenvalue weighted by Crippen LogP contribution is 2.35. The Morgan fingerprint density at radius 3 is 1.71 bits per heavy atom. The topological polar surface area (TPSA) is 54.4 Å². The molecule has 0 amide bonds. The summed E-state index contributed by atoms with van der Waals surface area (Å²) in [6.45, 7) is 4.35. The van der Waals surface area contributed by atoms with E-state index in [2.05, 4.69) is 13.8 Å². The Balaban J connectivity index is 2.29. The quantitative estimate of drug-likeness (QED) is 0.221. The number of rotatable bonds is 15. The molecule has 174 valence electrons. The Labute approximate surface area is 188 Å². The largest absolute Gasteiger partial charge is 0.297 e. The summed E-state index contributed by atoms with van der Waals surface area (Å²) >= 11 is 0. The van der Waals surface area contributed by atoms with E-state index in [1.807, 2.05) is 12.1 Å². The van der Waals surface area contributed by atoms with E-state index in [4.69, 9.17) is 0 Å². The molecule has 0 fully saturated rings. The molecule has 0 atom stereocenters. The minimum atomic E-state index is -4.65. The van der Waals surface area contributed by atoms with E-state index in [1.165, 1.54) is 32.1 Å². The lowest BCUT2D eigenvalue weighted by Crippen LogP contribution is -2.11. The van der Waals surface area contributed by atoms with Gasteiger partial charge in [0.2, 0.25) is 0 Å². The monoisotopic (exact) mass is 450 g/mol. The molecule has 0 aliphatic heterocycles. The third-order valence-corrected chi connectivity index (χ3v) is 7.09. The van der Waals surface area contributed by atoms with Crippen LogP contribution >= 0.6 is 0 Å². The Morgan fingerprint density at radius 1 is 0.710 bits per heavy atom. The lowest BCUT2D eigenvalue weighted by atomic mass is 9.91. The molecule has 0 aromatic heterocycles. The van der Waals surface area contributed by atoms with Gasteiger partial charge in [-0.05, 0) is 42.2 Å². The van der Waals surface area contributed by atoms with Gasteiger partial charge in [0, 0.05) is 5.39 Å². The highest BCUT2D eigenvalue weighted by Gasteiger charge is 2.26. The molecule has 1 N–H and O–H groups in total. The molecule has 0 bridgehead atoms. The number of hydrogen-bond donors (Lipinski definition) is 1.